The first kappa shape index (κ1) is 14.0. The molecule has 0 bridgehead atoms. The smallest absolute Gasteiger partial charge is 0.240 e. The molecule has 2 heterocycles. The number of para-hydroxylation sites is 1. The summed E-state index contributed by atoms with van der Waals surface area (Å²) in [5, 5.41) is 1.15. The van der Waals surface area contributed by atoms with E-state index in [2.05, 4.69) is 11.1 Å². The maximum atomic E-state index is 12.5. The van der Waals surface area contributed by atoms with Crippen LogP contribution in [0.2, 0.25) is 0 Å². The Morgan fingerprint density at radius 1 is 1.09 bits per heavy atom. The van der Waals surface area contributed by atoms with Crippen LogP contribution in [-0.2, 0) is 11.3 Å². The van der Waals surface area contributed by atoms with Crippen LogP contribution >= 0.6 is 0 Å². The lowest BCUT2D eigenvalue weighted by Crippen LogP contribution is -2.35. The van der Waals surface area contributed by atoms with Crippen molar-refractivity contribution in [2.75, 3.05) is 6.54 Å². The van der Waals surface area contributed by atoms with E-state index in [0.29, 0.717) is 13.1 Å². The molecule has 3 aromatic rings. The Labute approximate surface area is 134 Å². The molecule has 3 N–H and O–H groups in total. The molecule has 1 saturated heterocycles. The Kier molecular flexibility index (Phi) is 3.39. The van der Waals surface area contributed by atoms with Gasteiger partial charge in [0.25, 0.3) is 0 Å². The Morgan fingerprint density at radius 3 is 2.65 bits per heavy atom. The third-order valence-electron chi connectivity index (χ3n) is 4.68. The third kappa shape index (κ3) is 2.41. The number of aromatic amines is 1. The third-order valence-corrected chi connectivity index (χ3v) is 4.68. The number of hydrogen-bond donors (Lipinski definition) is 2. The van der Waals surface area contributed by atoms with Gasteiger partial charge in [-0.15, -0.1) is 0 Å². The van der Waals surface area contributed by atoms with Crippen LogP contribution < -0.4 is 5.73 Å². The van der Waals surface area contributed by atoms with E-state index in [4.69, 9.17) is 5.73 Å². The molecule has 4 nitrogen and oxygen atoms in total. The summed E-state index contributed by atoms with van der Waals surface area (Å²) in [6.07, 6.45) is 1.99. The fraction of sp³-hybridized carbons (Fsp3) is 0.211. The number of hydrogen-bond acceptors (Lipinski definition) is 2. The minimum atomic E-state index is -0.474. The van der Waals surface area contributed by atoms with Crippen molar-refractivity contribution in [3.8, 4) is 0 Å². The van der Waals surface area contributed by atoms with Crippen LogP contribution in [-0.4, -0.2) is 28.4 Å². The zero-order valence-corrected chi connectivity index (χ0v) is 12.8. The molecule has 0 aliphatic carbocycles. The van der Waals surface area contributed by atoms with Gasteiger partial charge in [-0.1, -0.05) is 48.5 Å². The molecular formula is C19H19N3O. The predicted octanol–water partition coefficient (Wildman–Crippen LogP) is 2.62. The predicted molar refractivity (Wildman–Crippen MR) is 90.9 cm³/mol. The molecule has 1 aromatic heterocycles. The van der Waals surface area contributed by atoms with Crippen LogP contribution in [0.3, 0.4) is 0 Å². The molecule has 0 radical (unpaired) electrons. The number of likely N-dealkylation sites (tertiary alicyclic amines) is 1. The quantitative estimate of drug-likeness (QED) is 0.781. The van der Waals surface area contributed by atoms with Gasteiger partial charge >= 0.3 is 0 Å². The first-order valence-corrected chi connectivity index (χ1v) is 7.88. The van der Waals surface area contributed by atoms with Crippen LogP contribution in [0.25, 0.3) is 10.9 Å². The zero-order chi connectivity index (χ0) is 15.8. The van der Waals surface area contributed by atoms with Crippen molar-refractivity contribution in [1.82, 2.24) is 9.88 Å². The zero-order valence-electron chi connectivity index (χ0n) is 12.8. The molecular weight excluding hydrogens is 286 g/mol. The molecule has 1 aliphatic heterocycles. The maximum Gasteiger partial charge on any atom is 0.240 e. The first-order valence-electron chi connectivity index (χ1n) is 7.88. The highest BCUT2D eigenvalue weighted by Crippen LogP contribution is 2.33. The number of nitrogens with two attached hydrogens (primary N) is 1. The minimum absolute atomic E-state index is 0.0300. The molecule has 0 spiro atoms. The van der Waals surface area contributed by atoms with Crippen molar-refractivity contribution in [3.05, 3.63) is 71.9 Å². The average molecular weight is 305 g/mol. The normalized spacial score (nSPS) is 21.3. The molecule has 4 rings (SSSR count). The van der Waals surface area contributed by atoms with Crippen molar-refractivity contribution >= 4 is 16.8 Å². The van der Waals surface area contributed by atoms with E-state index in [0.717, 1.165) is 22.0 Å². The highest BCUT2D eigenvalue weighted by Gasteiger charge is 2.39. The Morgan fingerprint density at radius 2 is 1.83 bits per heavy atom. The van der Waals surface area contributed by atoms with Crippen molar-refractivity contribution < 1.29 is 4.79 Å². The number of carbonyl (C=O) groups excluding carboxylic acids is 1. The largest absolute Gasteiger partial charge is 0.361 e. The lowest BCUT2D eigenvalue weighted by Gasteiger charge is -2.16. The van der Waals surface area contributed by atoms with Gasteiger partial charge in [0.15, 0.2) is 0 Å². The van der Waals surface area contributed by atoms with Gasteiger partial charge < -0.3 is 15.6 Å². The number of nitrogens with one attached hydrogen (secondary N) is 1. The Hall–Kier alpha value is -2.59. The van der Waals surface area contributed by atoms with Gasteiger partial charge in [0.2, 0.25) is 5.91 Å². The number of nitrogens with zero attached hydrogens (tertiary/aromatic N) is 1. The van der Waals surface area contributed by atoms with Crippen LogP contribution in [0.15, 0.2) is 60.8 Å². The summed E-state index contributed by atoms with van der Waals surface area (Å²) >= 11 is 0. The second-order valence-electron chi connectivity index (χ2n) is 6.13. The average Bonchev–Trinajstić information content (AvgIpc) is 3.12. The van der Waals surface area contributed by atoms with Gasteiger partial charge in [-0.25, -0.2) is 0 Å². The highest BCUT2D eigenvalue weighted by molar-refractivity contribution is 5.89. The molecule has 0 saturated carbocycles. The number of benzene rings is 2. The minimum Gasteiger partial charge on any atom is -0.361 e. The topological polar surface area (TPSA) is 62.1 Å². The second-order valence-corrected chi connectivity index (χ2v) is 6.13. The van der Waals surface area contributed by atoms with Crippen LogP contribution in [0, 0.1) is 0 Å². The molecule has 2 aromatic carbocycles. The summed E-state index contributed by atoms with van der Waals surface area (Å²) in [6, 6.07) is 17.7. The number of carbonyl (C=O) groups is 1. The lowest BCUT2D eigenvalue weighted by molar-refractivity contribution is -0.129. The van der Waals surface area contributed by atoms with Gasteiger partial charge in [0, 0.05) is 36.1 Å². The van der Waals surface area contributed by atoms with Crippen LogP contribution in [0.1, 0.15) is 17.0 Å². The molecule has 116 valence electrons. The molecule has 2 atom stereocenters. The van der Waals surface area contributed by atoms with E-state index in [1.54, 1.807) is 0 Å². The summed E-state index contributed by atoms with van der Waals surface area (Å²) in [6.45, 7) is 1.28. The molecule has 1 aliphatic rings. The van der Waals surface area contributed by atoms with Crippen molar-refractivity contribution in [2.45, 2.75) is 18.5 Å². The fourth-order valence-corrected chi connectivity index (χ4v) is 3.46. The summed E-state index contributed by atoms with van der Waals surface area (Å²) < 4.78 is 0. The number of fused-ring (bicyclic) bond motifs is 1. The summed E-state index contributed by atoms with van der Waals surface area (Å²) in [5.74, 6) is 0.0616. The van der Waals surface area contributed by atoms with E-state index in [1.165, 1.54) is 0 Å². The van der Waals surface area contributed by atoms with Crippen LogP contribution in [0.5, 0.6) is 0 Å². The SMILES string of the molecule is N[C@@H]1C(=O)N(Cc2ccccc2)C[C@@H]1c1c[nH]c2ccccc12. The second kappa shape index (κ2) is 5.56. The van der Waals surface area contributed by atoms with Crippen molar-refractivity contribution in [1.29, 1.82) is 0 Å². The standard InChI is InChI=1S/C19H19N3O/c20-18-16(15-10-21-17-9-5-4-8-14(15)17)12-22(19(18)23)11-13-6-2-1-3-7-13/h1-10,16,18,21H,11-12,20H2/t16-,18+/m1/s1. The van der Waals surface area contributed by atoms with E-state index < -0.39 is 6.04 Å². The first-order chi connectivity index (χ1) is 11.2. The van der Waals surface area contributed by atoms with Crippen molar-refractivity contribution in [3.63, 3.8) is 0 Å². The molecule has 4 heteroatoms. The Balaban J connectivity index is 1.62. The number of H-pyrrole nitrogens is 1. The molecule has 1 amide bonds. The molecule has 23 heavy (non-hydrogen) atoms. The number of rotatable bonds is 3. The summed E-state index contributed by atoms with van der Waals surface area (Å²) in [5.41, 5.74) is 9.60. The van der Waals surface area contributed by atoms with E-state index in [-0.39, 0.29) is 11.8 Å². The molecule has 1 fully saturated rings. The fourth-order valence-electron chi connectivity index (χ4n) is 3.46. The van der Waals surface area contributed by atoms with Crippen LogP contribution in [0.4, 0.5) is 0 Å². The Bertz CT molecular complexity index is 840. The highest BCUT2D eigenvalue weighted by atomic mass is 16.2. The van der Waals surface area contributed by atoms with E-state index in [9.17, 15) is 4.79 Å². The number of amides is 1. The van der Waals surface area contributed by atoms with Gasteiger partial charge in [-0.05, 0) is 17.2 Å². The lowest BCUT2D eigenvalue weighted by atomic mass is 9.94. The monoisotopic (exact) mass is 305 g/mol. The van der Waals surface area contributed by atoms with Gasteiger partial charge in [0.05, 0.1) is 6.04 Å². The van der Waals surface area contributed by atoms with Gasteiger partial charge in [-0.3, -0.25) is 4.79 Å². The van der Waals surface area contributed by atoms with Crippen molar-refractivity contribution in [2.24, 2.45) is 5.73 Å². The summed E-state index contributed by atoms with van der Waals surface area (Å²) in [4.78, 5) is 17.7. The maximum absolute atomic E-state index is 12.5. The molecule has 0 unspecified atom stereocenters. The van der Waals surface area contributed by atoms with E-state index >= 15 is 0 Å². The summed E-state index contributed by atoms with van der Waals surface area (Å²) in [7, 11) is 0. The van der Waals surface area contributed by atoms with Gasteiger partial charge in [-0.2, -0.15) is 0 Å². The van der Waals surface area contributed by atoms with E-state index in [1.807, 2.05) is 59.6 Å². The van der Waals surface area contributed by atoms with Gasteiger partial charge in [0.1, 0.15) is 0 Å². The number of aromatic nitrogens is 1.